The summed E-state index contributed by atoms with van der Waals surface area (Å²) < 4.78 is 0. The van der Waals surface area contributed by atoms with Crippen LogP contribution in [0.15, 0.2) is 30.3 Å². The van der Waals surface area contributed by atoms with Crippen LogP contribution in [0.1, 0.15) is 12.5 Å². The van der Waals surface area contributed by atoms with Crippen molar-refractivity contribution in [2.24, 2.45) is 0 Å². The van der Waals surface area contributed by atoms with E-state index in [0.29, 0.717) is 13.0 Å². The van der Waals surface area contributed by atoms with Gasteiger partial charge in [0.2, 0.25) is 5.78 Å². The van der Waals surface area contributed by atoms with Crippen molar-refractivity contribution in [3.63, 3.8) is 0 Å². The maximum Gasteiger partial charge on any atom is 0.421 e. The molecule has 1 amide bonds. The van der Waals surface area contributed by atoms with Crippen molar-refractivity contribution in [2.75, 3.05) is 6.54 Å². The van der Waals surface area contributed by atoms with E-state index in [9.17, 15) is 9.59 Å². The average molecular weight is 231 g/mol. The van der Waals surface area contributed by atoms with Crippen LogP contribution in [0.25, 0.3) is 5.53 Å². The molecule has 1 aromatic rings. The fourth-order valence-corrected chi connectivity index (χ4v) is 1.32. The third-order valence-electron chi connectivity index (χ3n) is 2.19. The highest BCUT2D eigenvalue weighted by molar-refractivity contribution is 6.63. The lowest BCUT2D eigenvalue weighted by atomic mass is 10.1. The Morgan fingerprint density at radius 3 is 2.47 bits per heavy atom. The molecule has 0 spiro atoms. The normalized spacial score (nSPS) is 9.24. The molecule has 5 heteroatoms. The first kappa shape index (κ1) is 12.8. The number of nitrogens with zero attached hydrogens (tertiary/aromatic N) is 2. The zero-order chi connectivity index (χ0) is 12.7. The Kier molecular flexibility index (Phi) is 4.78. The Labute approximate surface area is 99.1 Å². The summed E-state index contributed by atoms with van der Waals surface area (Å²) in [6.07, 6.45) is 0.656. The van der Waals surface area contributed by atoms with Crippen LogP contribution in [-0.2, 0) is 16.0 Å². The van der Waals surface area contributed by atoms with Gasteiger partial charge in [0.05, 0.1) is 0 Å². The van der Waals surface area contributed by atoms with Crippen LogP contribution in [0.4, 0.5) is 0 Å². The minimum atomic E-state index is -0.657. The Hall–Kier alpha value is -2.26. The maximum absolute atomic E-state index is 11.4. The third-order valence-corrected chi connectivity index (χ3v) is 2.19. The van der Waals surface area contributed by atoms with Gasteiger partial charge in [0, 0.05) is 13.5 Å². The van der Waals surface area contributed by atoms with Gasteiger partial charge < -0.3 is 10.8 Å². The molecule has 0 bridgehead atoms. The zero-order valence-electron chi connectivity index (χ0n) is 9.51. The molecule has 0 unspecified atom stereocenters. The molecular formula is C12H13N3O2. The number of Topliss-reactive ketones (excluding diaryl/α,β-unsaturated/α-hetero) is 1. The molecule has 0 heterocycles. The number of amides is 1. The molecule has 0 fully saturated rings. The first-order chi connectivity index (χ1) is 8.15. The van der Waals surface area contributed by atoms with E-state index in [0.717, 1.165) is 5.56 Å². The van der Waals surface area contributed by atoms with Crippen molar-refractivity contribution >= 4 is 17.4 Å². The van der Waals surface area contributed by atoms with Gasteiger partial charge in [-0.05, 0) is 12.0 Å². The molecule has 5 nitrogen and oxygen atoms in total. The predicted molar refractivity (Wildman–Crippen MR) is 62.5 cm³/mol. The molecule has 0 saturated heterocycles. The van der Waals surface area contributed by atoms with Crippen molar-refractivity contribution in [1.82, 2.24) is 5.32 Å². The van der Waals surface area contributed by atoms with Crippen LogP contribution in [0, 0.1) is 0 Å². The topological polar surface area (TPSA) is 82.6 Å². The summed E-state index contributed by atoms with van der Waals surface area (Å²) in [5, 5.41) is 2.51. The van der Waals surface area contributed by atoms with E-state index in [-0.39, 0.29) is 0 Å². The van der Waals surface area contributed by atoms with E-state index in [1.807, 2.05) is 30.3 Å². The van der Waals surface area contributed by atoms with Crippen molar-refractivity contribution in [3.8, 4) is 0 Å². The minimum absolute atomic E-state index is 0.384. The summed E-state index contributed by atoms with van der Waals surface area (Å²) in [6, 6.07) is 9.62. The van der Waals surface area contributed by atoms with Crippen LogP contribution in [0.3, 0.4) is 0 Å². The fraction of sp³-hybridized carbons (Fsp3) is 0.250. The maximum atomic E-state index is 11.4. The highest BCUT2D eigenvalue weighted by Gasteiger charge is 2.24. The van der Waals surface area contributed by atoms with E-state index in [1.54, 1.807) is 0 Å². The monoisotopic (exact) mass is 231 g/mol. The first-order valence-corrected chi connectivity index (χ1v) is 5.20. The lowest BCUT2D eigenvalue weighted by Gasteiger charge is -2.01. The number of ketones is 1. The number of hydrogen-bond donors (Lipinski definition) is 1. The number of hydrogen-bond acceptors (Lipinski definition) is 2. The zero-order valence-corrected chi connectivity index (χ0v) is 9.51. The second-order valence-electron chi connectivity index (χ2n) is 3.50. The van der Waals surface area contributed by atoms with Crippen molar-refractivity contribution in [3.05, 3.63) is 41.4 Å². The fourth-order valence-electron chi connectivity index (χ4n) is 1.32. The molecule has 0 radical (unpaired) electrons. The van der Waals surface area contributed by atoms with Gasteiger partial charge in [0.1, 0.15) is 0 Å². The van der Waals surface area contributed by atoms with Gasteiger partial charge in [-0.1, -0.05) is 30.3 Å². The molecule has 0 aromatic heterocycles. The van der Waals surface area contributed by atoms with E-state index in [4.69, 9.17) is 5.53 Å². The number of nitrogens with one attached hydrogen (secondary N) is 1. The summed E-state index contributed by atoms with van der Waals surface area (Å²) in [6.45, 7) is 1.56. The molecule has 0 aliphatic carbocycles. The molecule has 1 rings (SSSR count). The van der Waals surface area contributed by atoms with E-state index in [1.165, 1.54) is 6.92 Å². The van der Waals surface area contributed by atoms with Crippen molar-refractivity contribution in [2.45, 2.75) is 13.3 Å². The van der Waals surface area contributed by atoms with Crippen molar-refractivity contribution < 1.29 is 14.4 Å². The number of benzene rings is 1. The third kappa shape index (κ3) is 4.01. The van der Waals surface area contributed by atoms with Gasteiger partial charge in [-0.15, -0.1) is 0 Å². The molecule has 17 heavy (non-hydrogen) atoms. The van der Waals surface area contributed by atoms with Gasteiger partial charge in [0.25, 0.3) is 0 Å². The summed E-state index contributed by atoms with van der Waals surface area (Å²) >= 11 is 0. The highest BCUT2D eigenvalue weighted by Crippen LogP contribution is 1.97. The Morgan fingerprint density at radius 2 is 1.94 bits per heavy atom. The van der Waals surface area contributed by atoms with E-state index in [2.05, 4.69) is 10.1 Å². The van der Waals surface area contributed by atoms with Gasteiger partial charge >= 0.3 is 11.6 Å². The summed E-state index contributed by atoms with van der Waals surface area (Å²) in [4.78, 5) is 24.9. The quantitative estimate of drug-likeness (QED) is 0.348. The molecule has 1 N–H and O–H groups in total. The lowest BCUT2D eigenvalue weighted by Crippen LogP contribution is -2.36. The van der Waals surface area contributed by atoms with Crippen LogP contribution in [0.5, 0.6) is 0 Å². The summed E-state index contributed by atoms with van der Waals surface area (Å²) in [7, 11) is 0. The van der Waals surface area contributed by atoms with Gasteiger partial charge in [-0.2, -0.15) is 4.79 Å². The Balaban J connectivity index is 2.45. The van der Waals surface area contributed by atoms with Crippen LogP contribution >= 0.6 is 0 Å². The SMILES string of the molecule is CC(=O)C(=[N+]=[N-])C(=O)NCCc1ccccc1. The molecule has 0 aliphatic rings. The van der Waals surface area contributed by atoms with Crippen LogP contribution < -0.4 is 5.32 Å². The number of carbonyl (C=O) groups excluding carboxylic acids is 2. The largest absolute Gasteiger partial charge is 0.421 e. The molecule has 0 aliphatic heterocycles. The number of rotatable bonds is 5. The lowest BCUT2D eigenvalue weighted by molar-refractivity contribution is -0.124. The van der Waals surface area contributed by atoms with Gasteiger partial charge in [-0.25, -0.2) is 0 Å². The molecule has 0 atom stereocenters. The summed E-state index contributed by atoms with van der Waals surface area (Å²) in [5.74, 6) is -1.22. The Morgan fingerprint density at radius 1 is 1.29 bits per heavy atom. The standard InChI is InChI=1S/C12H13N3O2/c1-9(16)11(15-13)12(17)14-8-7-10-5-3-2-4-6-10/h2-6H,7-8H2,1H3,(H,14,17). The first-order valence-electron chi connectivity index (χ1n) is 5.20. The van der Waals surface area contributed by atoms with Crippen LogP contribution in [0.2, 0.25) is 0 Å². The molecule has 88 valence electrons. The van der Waals surface area contributed by atoms with Crippen LogP contribution in [-0.4, -0.2) is 28.7 Å². The minimum Gasteiger partial charge on any atom is -0.360 e. The predicted octanol–water partition coefficient (Wildman–Crippen LogP) is 0.605. The molecular weight excluding hydrogens is 218 g/mol. The smallest absolute Gasteiger partial charge is 0.360 e. The second kappa shape index (κ2) is 6.35. The van der Waals surface area contributed by atoms with Gasteiger partial charge in [-0.3, -0.25) is 9.59 Å². The average Bonchev–Trinajstić information content (AvgIpc) is 2.30. The summed E-state index contributed by atoms with van der Waals surface area (Å²) in [5.41, 5.74) is 9.10. The Bertz CT molecular complexity index is 462. The molecule has 0 saturated carbocycles. The molecule has 1 aromatic carbocycles. The highest BCUT2D eigenvalue weighted by atomic mass is 16.2. The number of carbonyl (C=O) groups is 2. The van der Waals surface area contributed by atoms with E-state index >= 15 is 0 Å². The van der Waals surface area contributed by atoms with E-state index < -0.39 is 17.4 Å². The van der Waals surface area contributed by atoms with Crippen molar-refractivity contribution in [1.29, 1.82) is 0 Å². The van der Waals surface area contributed by atoms with Gasteiger partial charge in [0.15, 0.2) is 0 Å². The second-order valence-corrected chi connectivity index (χ2v) is 3.50.